The average Bonchev–Trinajstić information content (AvgIpc) is 2.54. The van der Waals surface area contributed by atoms with Crippen molar-refractivity contribution in [2.75, 3.05) is 13.2 Å². The molecule has 0 saturated carbocycles. The van der Waals surface area contributed by atoms with Crippen LogP contribution >= 0.6 is 0 Å². The Balaban J connectivity index is 1.94. The van der Waals surface area contributed by atoms with Gasteiger partial charge in [-0.25, -0.2) is 0 Å². The molecule has 0 amide bonds. The first-order valence-electron chi connectivity index (χ1n) is 7.07. The van der Waals surface area contributed by atoms with Gasteiger partial charge in [-0.05, 0) is 0 Å². The quantitative estimate of drug-likeness (QED) is 0.243. The Hall–Kier alpha value is -0.440. The molecule has 8 N–H and O–H groups in total. The second-order valence-corrected chi connectivity index (χ2v) is 5.57. The molecule has 0 aromatic carbocycles. The molecule has 2 aliphatic rings. The van der Waals surface area contributed by atoms with Crippen LogP contribution in [0.25, 0.3) is 0 Å². The number of hydrogen-bond donors (Lipinski definition) is 8. The molecule has 2 aliphatic heterocycles. The number of hydrogen-bond acceptors (Lipinski definition) is 11. The third-order valence-corrected chi connectivity index (χ3v) is 3.96. The van der Waals surface area contributed by atoms with Crippen molar-refractivity contribution in [1.82, 2.24) is 0 Å². The van der Waals surface area contributed by atoms with Gasteiger partial charge in [-0.3, -0.25) is 0 Å². The van der Waals surface area contributed by atoms with Crippen molar-refractivity contribution in [2.24, 2.45) is 0 Å². The van der Waals surface area contributed by atoms with Crippen LogP contribution < -0.4 is 0 Å². The monoisotopic (exact) mass is 342 g/mol. The highest BCUT2D eigenvalue weighted by Gasteiger charge is 2.46. The number of aliphatic hydroxyl groups excluding tert-OH is 8. The van der Waals surface area contributed by atoms with Crippen molar-refractivity contribution in [3.8, 4) is 0 Å². The zero-order valence-corrected chi connectivity index (χ0v) is 12.0. The van der Waals surface area contributed by atoms with Crippen LogP contribution in [-0.2, 0) is 14.2 Å². The smallest absolute Gasteiger partial charge is 0.186 e. The minimum Gasteiger partial charge on any atom is -0.394 e. The van der Waals surface area contributed by atoms with Crippen molar-refractivity contribution in [3.05, 3.63) is 0 Å². The number of aliphatic hydroxyl groups is 8. The molecule has 0 spiro atoms. The van der Waals surface area contributed by atoms with E-state index in [0.717, 1.165) is 0 Å². The van der Waals surface area contributed by atoms with E-state index >= 15 is 0 Å². The molecular formula is C12H22O11. The summed E-state index contributed by atoms with van der Waals surface area (Å²) in [6.45, 7) is -1.10. The van der Waals surface area contributed by atoms with Gasteiger partial charge in [0.05, 0.1) is 13.2 Å². The first-order chi connectivity index (χ1) is 10.8. The maximum Gasteiger partial charge on any atom is 0.186 e. The van der Waals surface area contributed by atoms with Gasteiger partial charge in [0.15, 0.2) is 12.6 Å². The Morgan fingerprint density at radius 3 is 1.83 bits per heavy atom. The summed E-state index contributed by atoms with van der Waals surface area (Å²) in [5.41, 5.74) is 0. The van der Waals surface area contributed by atoms with Gasteiger partial charge in [-0.15, -0.1) is 0 Å². The molecule has 11 heteroatoms. The van der Waals surface area contributed by atoms with E-state index in [1.54, 1.807) is 0 Å². The fourth-order valence-corrected chi connectivity index (χ4v) is 2.46. The lowest BCUT2D eigenvalue weighted by Gasteiger charge is -2.41. The van der Waals surface area contributed by atoms with E-state index in [0.29, 0.717) is 0 Å². The first-order valence-corrected chi connectivity index (χ1v) is 7.07. The van der Waals surface area contributed by atoms with Gasteiger partial charge >= 0.3 is 0 Å². The summed E-state index contributed by atoms with van der Waals surface area (Å²) in [7, 11) is 0. The minimum absolute atomic E-state index is 0.468. The molecule has 0 unspecified atom stereocenters. The molecule has 11 nitrogen and oxygen atoms in total. The summed E-state index contributed by atoms with van der Waals surface area (Å²) < 4.78 is 15.1. The Morgan fingerprint density at radius 1 is 0.652 bits per heavy atom. The van der Waals surface area contributed by atoms with Gasteiger partial charge in [0.2, 0.25) is 0 Å². The van der Waals surface area contributed by atoms with Gasteiger partial charge in [-0.1, -0.05) is 0 Å². The second-order valence-electron chi connectivity index (χ2n) is 5.57. The summed E-state index contributed by atoms with van der Waals surface area (Å²) in [5.74, 6) is 0. The molecule has 136 valence electrons. The topological polar surface area (TPSA) is 190 Å². The Morgan fingerprint density at radius 2 is 1.22 bits per heavy atom. The molecule has 2 fully saturated rings. The Bertz CT molecular complexity index is 380. The molecular weight excluding hydrogens is 320 g/mol. The van der Waals surface area contributed by atoms with Gasteiger partial charge in [0.1, 0.15) is 48.8 Å². The third kappa shape index (κ3) is 3.81. The SMILES string of the molecule is OC[C@@H]1O[C@@H](OC[C@H]2O[C@@H](O)[C@H](O)[C@H](O)[C@@H]2O)[C@H](O)[C@H](O)[C@@H]1O. The van der Waals surface area contributed by atoms with Gasteiger partial charge in [0.25, 0.3) is 0 Å². The van der Waals surface area contributed by atoms with Crippen molar-refractivity contribution in [2.45, 2.75) is 61.4 Å². The highest BCUT2D eigenvalue weighted by atomic mass is 16.7. The van der Waals surface area contributed by atoms with Crippen LogP contribution in [0.3, 0.4) is 0 Å². The molecule has 0 aromatic rings. The first kappa shape index (κ1) is 18.9. The van der Waals surface area contributed by atoms with E-state index in [4.69, 9.17) is 19.3 Å². The molecule has 10 atom stereocenters. The summed E-state index contributed by atoms with van der Waals surface area (Å²) in [6.07, 6.45) is -15.3. The standard InChI is InChI=1S/C12H22O11/c13-1-3-5(14)8(17)10(19)12(23-3)21-2-4-6(15)7(16)9(18)11(20)22-4/h3-20H,1-2H2/t3-,4+,5+,6+,7+,8+,9+,10+,11+,12+/m0/s1. The normalized spacial score (nSPS) is 51.7. The second kappa shape index (κ2) is 7.63. The average molecular weight is 342 g/mol. The van der Waals surface area contributed by atoms with E-state index in [1.807, 2.05) is 0 Å². The molecule has 0 radical (unpaired) electrons. The van der Waals surface area contributed by atoms with Crippen molar-refractivity contribution in [1.29, 1.82) is 0 Å². The molecule has 0 aromatic heterocycles. The van der Waals surface area contributed by atoms with Gasteiger partial charge in [0, 0.05) is 0 Å². The Labute approximate surface area is 130 Å². The fourth-order valence-electron chi connectivity index (χ4n) is 2.46. The molecule has 2 rings (SSSR count). The molecule has 2 heterocycles. The van der Waals surface area contributed by atoms with E-state index < -0.39 is 74.6 Å². The molecule has 23 heavy (non-hydrogen) atoms. The molecule has 2 saturated heterocycles. The van der Waals surface area contributed by atoms with Crippen LogP contribution in [-0.4, -0.2) is 115 Å². The van der Waals surface area contributed by atoms with E-state index in [2.05, 4.69) is 0 Å². The van der Waals surface area contributed by atoms with Crippen molar-refractivity contribution in [3.63, 3.8) is 0 Å². The summed E-state index contributed by atoms with van der Waals surface area (Å²) >= 11 is 0. The molecule has 0 bridgehead atoms. The highest BCUT2D eigenvalue weighted by Crippen LogP contribution is 2.24. The van der Waals surface area contributed by atoms with E-state index in [-0.39, 0.29) is 0 Å². The predicted molar refractivity (Wildman–Crippen MR) is 68.6 cm³/mol. The van der Waals surface area contributed by atoms with Crippen LogP contribution in [0, 0.1) is 0 Å². The van der Waals surface area contributed by atoms with Crippen LogP contribution in [0.1, 0.15) is 0 Å². The van der Waals surface area contributed by atoms with Gasteiger partial charge < -0.3 is 55.1 Å². The van der Waals surface area contributed by atoms with Crippen molar-refractivity contribution >= 4 is 0 Å². The van der Waals surface area contributed by atoms with E-state index in [9.17, 15) is 35.7 Å². The largest absolute Gasteiger partial charge is 0.394 e. The summed E-state index contributed by atoms with van der Waals surface area (Å²) in [6, 6.07) is 0. The molecule has 0 aliphatic carbocycles. The summed E-state index contributed by atoms with van der Waals surface area (Å²) in [5, 5.41) is 76.1. The fraction of sp³-hybridized carbons (Fsp3) is 1.00. The maximum absolute atomic E-state index is 9.78. The number of rotatable bonds is 4. The zero-order valence-electron chi connectivity index (χ0n) is 12.0. The number of ether oxygens (including phenoxy) is 3. The van der Waals surface area contributed by atoms with E-state index in [1.165, 1.54) is 0 Å². The van der Waals surface area contributed by atoms with Crippen LogP contribution in [0.15, 0.2) is 0 Å². The lowest BCUT2D eigenvalue weighted by Crippen LogP contribution is -2.61. The van der Waals surface area contributed by atoms with Crippen LogP contribution in [0.4, 0.5) is 0 Å². The third-order valence-electron chi connectivity index (χ3n) is 3.96. The Kier molecular flexibility index (Phi) is 6.27. The summed E-state index contributed by atoms with van der Waals surface area (Å²) in [4.78, 5) is 0. The van der Waals surface area contributed by atoms with Gasteiger partial charge in [-0.2, -0.15) is 0 Å². The van der Waals surface area contributed by atoms with Crippen LogP contribution in [0.2, 0.25) is 0 Å². The highest BCUT2D eigenvalue weighted by molar-refractivity contribution is 4.91. The minimum atomic E-state index is -1.74. The van der Waals surface area contributed by atoms with Crippen molar-refractivity contribution < 1.29 is 55.1 Å². The lowest BCUT2D eigenvalue weighted by molar-refractivity contribution is -0.325. The lowest BCUT2D eigenvalue weighted by atomic mass is 9.98. The zero-order chi connectivity index (χ0) is 17.3. The maximum atomic E-state index is 9.78. The van der Waals surface area contributed by atoms with Crippen LogP contribution in [0.5, 0.6) is 0 Å². The predicted octanol–water partition coefficient (Wildman–Crippen LogP) is -5.40.